The molecule has 0 aliphatic heterocycles. The van der Waals surface area contributed by atoms with Gasteiger partial charge in [0, 0.05) is 27.6 Å². The van der Waals surface area contributed by atoms with E-state index in [4.69, 9.17) is 25.5 Å². The molecule has 0 unspecified atom stereocenters. The van der Waals surface area contributed by atoms with Gasteiger partial charge in [-0.25, -0.2) is 9.37 Å². The van der Waals surface area contributed by atoms with Crippen molar-refractivity contribution in [2.45, 2.75) is 13.5 Å². The number of aromatic nitrogens is 2. The average Bonchev–Trinajstić information content (AvgIpc) is 3.43. The minimum absolute atomic E-state index is 0.0536. The van der Waals surface area contributed by atoms with Crippen molar-refractivity contribution in [3.8, 4) is 23.1 Å². The zero-order valence-corrected chi connectivity index (χ0v) is 23.8. The van der Waals surface area contributed by atoms with Gasteiger partial charge in [0.05, 0.1) is 28.6 Å². The number of rotatable bonds is 9. The van der Waals surface area contributed by atoms with Gasteiger partial charge >= 0.3 is 5.69 Å². The van der Waals surface area contributed by atoms with Gasteiger partial charge in [0.15, 0.2) is 11.5 Å². The number of fused-ring (bicyclic) bond motifs is 2. The molecule has 12 heteroatoms. The minimum atomic E-state index is -0.634. The second-order valence-corrected chi connectivity index (χ2v) is 9.98. The van der Waals surface area contributed by atoms with Gasteiger partial charge in [-0.2, -0.15) is 9.78 Å². The third kappa shape index (κ3) is 5.60. The molecule has 0 aliphatic carbocycles. The van der Waals surface area contributed by atoms with Crippen LogP contribution in [0.4, 0.5) is 10.1 Å². The Hall–Kier alpha value is -5.55. The molecule has 0 aliphatic rings. The zero-order chi connectivity index (χ0) is 30.8. The van der Waals surface area contributed by atoms with Crippen LogP contribution < -0.4 is 15.0 Å². The van der Waals surface area contributed by atoms with Crippen molar-refractivity contribution >= 4 is 45.4 Å². The molecule has 44 heavy (non-hydrogen) atoms. The molecule has 0 amide bonds. The highest BCUT2D eigenvalue weighted by Crippen LogP contribution is 2.39. The lowest BCUT2D eigenvalue weighted by atomic mass is 10.1. The van der Waals surface area contributed by atoms with Gasteiger partial charge < -0.3 is 13.9 Å². The molecule has 0 radical (unpaired) electrons. The number of hydrogen-bond donors (Lipinski definition) is 0. The van der Waals surface area contributed by atoms with E-state index in [1.54, 1.807) is 61.5 Å². The number of para-hydroxylation sites is 1. The summed E-state index contributed by atoms with van der Waals surface area (Å²) in [5, 5.41) is 18.0. The highest BCUT2D eigenvalue weighted by atomic mass is 35.5. The summed E-state index contributed by atoms with van der Waals surface area (Å²) in [6, 6.07) is 22.3. The van der Waals surface area contributed by atoms with Crippen molar-refractivity contribution in [2.75, 3.05) is 6.61 Å². The molecule has 10 nitrogen and oxygen atoms in total. The van der Waals surface area contributed by atoms with Crippen LogP contribution in [0.5, 0.6) is 11.5 Å². The Morgan fingerprint density at radius 1 is 1.07 bits per heavy atom. The number of benzene rings is 4. The topological polar surface area (TPSA) is 122 Å². The van der Waals surface area contributed by atoms with E-state index in [1.807, 2.05) is 0 Å². The normalized spacial score (nSPS) is 11.4. The summed E-state index contributed by atoms with van der Waals surface area (Å²) < 4.78 is 32.6. The number of nitro benzene ring substituents is 1. The van der Waals surface area contributed by atoms with Gasteiger partial charge in [-0.15, -0.1) is 0 Å². The number of furan rings is 1. The molecular weight excluding hydrogens is 591 g/mol. The van der Waals surface area contributed by atoms with E-state index in [1.165, 1.54) is 36.5 Å². The van der Waals surface area contributed by atoms with Crippen LogP contribution in [-0.2, 0) is 6.61 Å². The van der Waals surface area contributed by atoms with E-state index in [0.717, 1.165) is 4.68 Å². The maximum Gasteiger partial charge on any atom is 0.315 e. The lowest BCUT2D eigenvalue weighted by molar-refractivity contribution is -0.386. The molecular formula is C32H22ClFN4O6. The Balaban J connectivity index is 1.45. The monoisotopic (exact) mass is 612 g/mol. The van der Waals surface area contributed by atoms with E-state index in [9.17, 15) is 19.3 Å². The maximum absolute atomic E-state index is 14.2. The highest BCUT2D eigenvalue weighted by Gasteiger charge is 2.23. The molecule has 0 bridgehead atoms. The Labute approximate surface area is 253 Å². The quantitative estimate of drug-likeness (QED) is 0.0949. The fourth-order valence-electron chi connectivity index (χ4n) is 4.63. The molecule has 0 fully saturated rings. The van der Waals surface area contributed by atoms with Crippen molar-refractivity contribution in [1.82, 2.24) is 9.66 Å². The second kappa shape index (κ2) is 12.0. The number of halogens is 2. The van der Waals surface area contributed by atoms with Crippen molar-refractivity contribution in [3.05, 3.63) is 127 Å². The van der Waals surface area contributed by atoms with E-state index < -0.39 is 22.0 Å². The fourth-order valence-corrected chi connectivity index (χ4v) is 4.81. The highest BCUT2D eigenvalue weighted by molar-refractivity contribution is 6.31. The van der Waals surface area contributed by atoms with Gasteiger partial charge in [-0.3, -0.25) is 14.9 Å². The Morgan fingerprint density at radius 3 is 2.66 bits per heavy atom. The molecule has 0 spiro atoms. The Morgan fingerprint density at radius 2 is 1.86 bits per heavy atom. The predicted molar refractivity (Wildman–Crippen MR) is 164 cm³/mol. The third-order valence-corrected chi connectivity index (χ3v) is 6.89. The van der Waals surface area contributed by atoms with Crippen LogP contribution in [0.15, 0.2) is 99.2 Å². The maximum atomic E-state index is 14.2. The van der Waals surface area contributed by atoms with Crippen molar-refractivity contribution in [3.63, 3.8) is 0 Å². The van der Waals surface area contributed by atoms with Crippen LogP contribution in [0.1, 0.15) is 18.1 Å². The smallest absolute Gasteiger partial charge is 0.315 e. The number of hydrogen-bond acceptors (Lipinski definition) is 8. The first-order valence-electron chi connectivity index (χ1n) is 13.4. The van der Waals surface area contributed by atoms with E-state index >= 15 is 0 Å². The summed E-state index contributed by atoms with van der Waals surface area (Å²) in [4.78, 5) is 29.7. The lowest BCUT2D eigenvalue weighted by Gasteiger charge is -2.13. The van der Waals surface area contributed by atoms with E-state index in [0.29, 0.717) is 26.9 Å². The number of nitro groups is 1. The molecule has 0 N–H and O–H groups in total. The van der Waals surface area contributed by atoms with Crippen LogP contribution in [0.25, 0.3) is 33.5 Å². The SMILES string of the molecule is CCOc1cc(C=Nn2c(-c3cc4cc(Cl)ccc4o3)nc3ccccc3c2=O)cc([N+](=O)[O-])c1OCc1ccccc1F. The van der Waals surface area contributed by atoms with Crippen LogP contribution in [-0.4, -0.2) is 27.4 Å². The molecule has 0 saturated carbocycles. The van der Waals surface area contributed by atoms with Crippen molar-refractivity contribution < 1.29 is 23.2 Å². The summed E-state index contributed by atoms with van der Waals surface area (Å²) in [5.74, 6) is -0.238. The average molecular weight is 613 g/mol. The largest absolute Gasteiger partial charge is 0.490 e. The summed E-state index contributed by atoms with van der Waals surface area (Å²) >= 11 is 6.15. The zero-order valence-electron chi connectivity index (χ0n) is 23.1. The first kappa shape index (κ1) is 28.6. The second-order valence-electron chi connectivity index (χ2n) is 9.54. The minimum Gasteiger partial charge on any atom is -0.490 e. The van der Waals surface area contributed by atoms with Gasteiger partial charge in [-0.1, -0.05) is 41.9 Å². The standard InChI is InChI=1S/C32H22ClFN4O6/c1-2-42-28-14-19(13-26(38(40)41)30(28)43-18-20-7-3-5-9-24(20)34)17-35-37-31(36-25-10-6-4-8-23(25)32(37)39)29-16-21-15-22(33)11-12-27(21)44-29/h3-17H,2,18H2,1H3. The predicted octanol–water partition coefficient (Wildman–Crippen LogP) is 7.37. The summed E-state index contributed by atoms with van der Waals surface area (Å²) in [7, 11) is 0. The van der Waals surface area contributed by atoms with Gasteiger partial charge in [-0.05, 0) is 55.5 Å². The first-order chi connectivity index (χ1) is 21.3. The van der Waals surface area contributed by atoms with Crippen LogP contribution >= 0.6 is 11.6 Å². The Kier molecular flexibility index (Phi) is 7.78. The fraction of sp³-hybridized carbons (Fsp3) is 0.0938. The molecule has 2 aromatic heterocycles. The van der Waals surface area contributed by atoms with E-state index in [-0.39, 0.29) is 47.4 Å². The first-order valence-corrected chi connectivity index (χ1v) is 13.8. The molecule has 6 rings (SSSR count). The van der Waals surface area contributed by atoms with Gasteiger partial charge in [0.2, 0.25) is 11.6 Å². The van der Waals surface area contributed by atoms with Crippen LogP contribution in [0.3, 0.4) is 0 Å². The number of nitrogens with zero attached hydrogens (tertiary/aromatic N) is 4. The van der Waals surface area contributed by atoms with E-state index in [2.05, 4.69) is 10.1 Å². The molecule has 220 valence electrons. The van der Waals surface area contributed by atoms with Crippen LogP contribution in [0.2, 0.25) is 5.02 Å². The van der Waals surface area contributed by atoms with Gasteiger partial charge in [0.25, 0.3) is 5.56 Å². The number of ether oxygens (including phenoxy) is 2. The van der Waals surface area contributed by atoms with Gasteiger partial charge in [0.1, 0.15) is 18.0 Å². The summed E-state index contributed by atoms with van der Waals surface area (Å²) in [5.41, 5.74) is 0.518. The molecule has 2 heterocycles. The van der Waals surface area contributed by atoms with Crippen molar-refractivity contribution in [1.29, 1.82) is 0 Å². The molecule has 6 aromatic rings. The summed E-state index contributed by atoms with van der Waals surface area (Å²) in [6.45, 7) is 1.62. The van der Waals surface area contributed by atoms with Crippen molar-refractivity contribution in [2.24, 2.45) is 5.10 Å². The molecule has 0 saturated heterocycles. The Bertz CT molecular complexity index is 2140. The third-order valence-electron chi connectivity index (χ3n) is 6.66. The molecule has 0 atom stereocenters. The summed E-state index contributed by atoms with van der Waals surface area (Å²) in [6.07, 6.45) is 1.27. The van der Waals surface area contributed by atoms with Crippen LogP contribution in [0, 0.1) is 15.9 Å². The molecule has 4 aromatic carbocycles. The lowest BCUT2D eigenvalue weighted by Crippen LogP contribution is -2.20.